The Morgan fingerprint density at radius 2 is 1.85 bits per heavy atom. The van der Waals surface area contributed by atoms with Crippen LogP contribution in [-0.2, 0) is 18.9 Å². The van der Waals surface area contributed by atoms with Crippen molar-refractivity contribution in [3.05, 3.63) is 78.4 Å². The van der Waals surface area contributed by atoms with Crippen LogP contribution in [0.1, 0.15) is 11.4 Å². The Kier molecular flexibility index (Phi) is 6.49. The third-order valence-electron chi connectivity index (χ3n) is 3.85. The first-order valence-electron chi connectivity index (χ1n) is 8.37. The molecular formula is C20H20FN3O2S. The molecule has 3 rings (SSSR count). The fraction of sp³-hybridized carbons (Fsp3) is 0.200. The molecule has 0 aliphatic carbocycles. The molecule has 0 saturated carbocycles. The quantitative estimate of drug-likeness (QED) is 0.401. The van der Waals surface area contributed by atoms with E-state index in [1.54, 1.807) is 25.3 Å². The molecule has 0 saturated heterocycles. The first-order chi connectivity index (χ1) is 13.2. The molecule has 0 spiro atoms. The number of thioether (sulfide) groups is 1. The molecule has 7 heteroatoms. The van der Waals surface area contributed by atoms with Gasteiger partial charge < -0.3 is 9.47 Å². The highest BCUT2D eigenvalue weighted by Crippen LogP contribution is 2.24. The maximum atomic E-state index is 13.8. The zero-order valence-corrected chi connectivity index (χ0v) is 15.8. The van der Waals surface area contributed by atoms with Crippen molar-refractivity contribution in [3.8, 4) is 11.5 Å². The lowest BCUT2D eigenvalue weighted by atomic mass is 10.2. The molecule has 3 aromatic rings. The molecular weight excluding hydrogens is 365 g/mol. The number of hydrogen-bond acceptors (Lipinski definition) is 5. The predicted molar refractivity (Wildman–Crippen MR) is 104 cm³/mol. The summed E-state index contributed by atoms with van der Waals surface area (Å²) < 4.78 is 26.7. The van der Waals surface area contributed by atoms with Gasteiger partial charge in [-0.3, -0.25) is 4.57 Å². The highest BCUT2D eigenvalue weighted by Gasteiger charge is 2.13. The summed E-state index contributed by atoms with van der Waals surface area (Å²) in [4.78, 5) is 0. The molecule has 0 aliphatic heterocycles. The molecule has 0 N–H and O–H groups in total. The summed E-state index contributed by atoms with van der Waals surface area (Å²) in [5.41, 5.74) is 0.631. The van der Waals surface area contributed by atoms with Gasteiger partial charge in [-0.25, -0.2) is 4.39 Å². The van der Waals surface area contributed by atoms with Crippen LogP contribution in [0.4, 0.5) is 4.39 Å². The molecule has 0 unspecified atom stereocenters. The van der Waals surface area contributed by atoms with E-state index < -0.39 is 0 Å². The molecule has 1 aromatic heterocycles. The Hall–Kier alpha value is -2.80. The fourth-order valence-corrected chi connectivity index (χ4v) is 3.38. The van der Waals surface area contributed by atoms with Gasteiger partial charge in [0.2, 0.25) is 0 Å². The third kappa shape index (κ3) is 4.89. The number of benzene rings is 2. The summed E-state index contributed by atoms with van der Waals surface area (Å²) in [6.07, 6.45) is 1.77. The first-order valence-corrected chi connectivity index (χ1v) is 9.36. The van der Waals surface area contributed by atoms with Crippen LogP contribution in [0.5, 0.6) is 11.5 Å². The van der Waals surface area contributed by atoms with Crippen LogP contribution in [0, 0.1) is 5.82 Å². The van der Waals surface area contributed by atoms with E-state index in [4.69, 9.17) is 9.47 Å². The molecule has 0 atom stereocenters. The molecule has 0 aliphatic rings. The molecule has 0 radical (unpaired) electrons. The number of ether oxygens (including phenoxy) is 2. The van der Waals surface area contributed by atoms with Crippen LogP contribution in [0.15, 0.2) is 66.3 Å². The lowest BCUT2D eigenvalue weighted by Crippen LogP contribution is -2.07. The van der Waals surface area contributed by atoms with E-state index in [1.165, 1.54) is 17.8 Å². The van der Waals surface area contributed by atoms with E-state index in [9.17, 15) is 4.39 Å². The smallest absolute Gasteiger partial charge is 0.191 e. The third-order valence-corrected chi connectivity index (χ3v) is 4.86. The summed E-state index contributed by atoms with van der Waals surface area (Å²) in [6.45, 7) is 4.61. The summed E-state index contributed by atoms with van der Waals surface area (Å²) in [5.74, 6) is 2.42. The Bertz CT molecular complexity index is 896. The minimum atomic E-state index is -0.220. The highest BCUT2D eigenvalue weighted by atomic mass is 32.2. The van der Waals surface area contributed by atoms with Gasteiger partial charge in [0.05, 0.1) is 7.11 Å². The SMILES string of the molecule is C=CCn1c(COc2ccc(OC)cc2)nnc1SCc1ccccc1F. The summed E-state index contributed by atoms with van der Waals surface area (Å²) in [6, 6.07) is 14.1. The maximum absolute atomic E-state index is 13.8. The van der Waals surface area contributed by atoms with Crippen LogP contribution in [0.25, 0.3) is 0 Å². The number of nitrogens with zero attached hydrogens (tertiary/aromatic N) is 3. The number of hydrogen-bond donors (Lipinski definition) is 0. The second-order valence-corrected chi connectivity index (χ2v) is 6.58. The van der Waals surface area contributed by atoms with E-state index in [2.05, 4.69) is 16.8 Å². The molecule has 2 aromatic carbocycles. The van der Waals surface area contributed by atoms with Crippen molar-refractivity contribution in [2.24, 2.45) is 0 Å². The largest absolute Gasteiger partial charge is 0.497 e. The van der Waals surface area contributed by atoms with Gasteiger partial charge in [-0.15, -0.1) is 16.8 Å². The van der Waals surface area contributed by atoms with Crippen LogP contribution in [0.3, 0.4) is 0 Å². The number of allylic oxidation sites excluding steroid dienone is 1. The normalized spacial score (nSPS) is 10.6. The molecule has 140 valence electrons. The van der Waals surface area contributed by atoms with Gasteiger partial charge in [0.1, 0.15) is 23.9 Å². The zero-order chi connectivity index (χ0) is 19.1. The Morgan fingerprint density at radius 1 is 1.11 bits per heavy atom. The topological polar surface area (TPSA) is 49.2 Å². The molecule has 0 fully saturated rings. The fourth-order valence-electron chi connectivity index (χ4n) is 2.42. The highest BCUT2D eigenvalue weighted by molar-refractivity contribution is 7.98. The van der Waals surface area contributed by atoms with Crippen molar-refractivity contribution in [2.75, 3.05) is 7.11 Å². The molecule has 27 heavy (non-hydrogen) atoms. The summed E-state index contributed by atoms with van der Waals surface area (Å²) in [7, 11) is 1.62. The van der Waals surface area contributed by atoms with Crippen molar-refractivity contribution >= 4 is 11.8 Å². The molecule has 1 heterocycles. The van der Waals surface area contributed by atoms with Gasteiger partial charge in [-0.1, -0.05) is 36.0 Å². The van der Waals surface area contributed by atoms with Crippen LogP contribution in [0.2, 0.25) is 0 Å². The van der Waals surface area contributed by atoms with Gasteiger partial charge in [-0.05, 0) is 35.9 Å². The second-order valence-electron chi connectivity index (χ2n) is 5.64. The summed E-state index contributed by atoms with van der Waals surface area (Å²) in [5, 5.41) is 9.14. The van der Waals surface area contributed by atoms with Crippen molar-refractivity contribution in [2.45, 2.75) is 24.1 Å². The van der Waals surface area contributed by atoms with Crippen LogP contribution >= 0.6 is 11.8 Å². The standard InChI is InChI=1S/C20H20FN3O2S/c1-3-12-24-19(13-26-17-10-8-16(25-2)9-11-17)22-23-20(24)27-14-15-6-4-5-7-18(15)21/h3-11H,1,12-14H2,2H3. The monoisotopic (exact) mass is 385 g/mol. The van der Waals surface area contributed by atoms with Crippen molar-refractivity contribution in [1.29, 1.82) is 0 Å². The van der Waals surface area contributed by atoms with Crippen LogP contribution < -0.4 is 9.47 Å². The number of methoxy groups -OCH3 is 1. The van der Waals surface area contributed by atoms with Crippen LogP contribution in [-0.4, -0.2) is 21.9 Å². The van der Waals surface area contributed by atoms with Crippen molar-refractivity contribution in [1.82, 2.24) is 14.8 Å². The number of aromatic nitrogens is 3. The minimum Gasteiger partial charge on any atom is -0.497 e. The van der Waals surface area contributed by atoms with E-state index >= 15 is 0 Å². The van der Waals surface area contributed by atoms with E-state index in [1.807, 2.05) is 34.9 Å². The zero-order valence-electron chi connectivity index (χ0n) is 15.0. The van der Waals surface area contributed by atoms with Gasteiger partial charge in [-0.2, -0.15) is 0 Å². The number of rotatable bonds is 9. The van der Waals surface area contributed by atoms with E-state index in [-0.39, 0.29) is 12.4 Å². The second kappa shape index (κ2) is 9.23. The molecule has 0 amide bonds. The molecule has 0 bridgehead atoms. The minimum absolute atomic E-state index is 0.220. The van der Waals surface area contributed by atoms with Gasteiger partial charge in [0, 0.05) is 12.3 Å². The Labute approximate surface area is 161 Å². The van der Waals surface area contributed by atoms with E-state index in [0.717, 1.165) is 5.75 Å². The predicted octanol–water partition coefficient (Wildman–Crippen LogP) is 4.48. The average molecular weight is 385 g/mol. The average Bonchev–Trinajstić information content (AvgIpc) is 3.08. The summed E-state index contributed by atoms with van der Waals surface area (Å²) >= 11 is 1.43. The van der Waals surface area contributed by atoms with Gasteiger partial charge >= 0.3 is 0 Å². The Balaban J connectivity index is 1.68. The van der Waals surface area contributed by atoms with Crippen molar-refractivity contribution in [3.63, 3.8) is 0 Å². The maximum Gasteiger partial charge on any atom is 0.191 e. The lowest BCUT2D eigenvalue weighted by Gasteiger charge is -2.10. The Morgan fingerprint density at radius 3 is 2.56 bits per heavy atom. The van der Waals surface area contributed by atoms with Crippen molar-refractivity contribution < 1.29 is 13.9 Å². The number of halogens is 1. The van der Waals surface area contributed by atoms with Gasteiger partial charge in [0.15, 0.2) is 11.0 Å². The van der Waals surface area contributed by atoms with E-state index in [0.29, 0.717) is 34.6 Å². The molecule has 5 nitrogen and oxygen atoms in total. The van der Waals surface area contributed by atoms with Gasteiger partial charge in [0.25, 0.3) is 0 Å². The first kappa shape index (κ1) is 19.0. The lowest BCUT2D eigenvalue weighted by molar-refractivity contribution is 0.288.